The molecule has 1 saturated heterocycles. The number of fused-ring (bicyclic) bond motifs is 1. The molecule has 1 aliphatic rings. The van der Waals surface area contributed by atoms with Crippen molar-refractivity contribution in [3.8, 4) is 0 Å². The van der Waals surface area contributed by atoms with E-state index in [9.17, 15) is 9.59 Å². The van der Waals surface area contributed by atoms with Crippen LogP contribution in [0.25, 0.3) is 10.9 Å². The van der Waals surface area contributed by atoms with Gasteiger partial charge in [-0.25, -0.2) is 0 Å². The summed E-state index contributed by atoms with van der Waals surface area (Å²) in [5, 5.41) is 3.86. The van der Waals surface area contributed by atoms with Crippen molar-refractivity contribution in [2.45, 2.75) is 39.7 Å². The van der Waals surface area contributed by atoms with Gasteiger partial charge in [0.25, 0.3) is 11.5 Å². The van der Waals surface area contributed by atoms with E-state index in [4.69, 9.17) is 0 Å². The quantitative estimate of drug-likeness (QED) is 0.866. The van der Waals surface area contributed by atoms with Crippen LogP contribution in [0.3, 0.4) is 0 Å². The van der Waals surface area contributed by atoms with E-state index in [0.29, 0.717) is 18.5 Å². The van der Waals surface area contributed by atoms with E-state index in [-0.39, 0.29) is 17.0 Å². The molecule has 5 heteroatoms. The summed E-state index contributed by atoms with van der Waals surface area (Å²) in [6.45, 7) is 9.41. The highest BCUT2D eigenvalue weighted by molar-refractivity contribution is 5.97. The largest absolute Gasteiger partial charge is 0.350 e. The molecule has 140 valence electrons. The van der Waals surface area contributed by atoms with Crippen molar-refractivity contribution < 1.29 is 4.79 Å². The zero-order chi connectivity index (χ0) is 18.7. The van der Waals surface area contributed by atoms with Gasteiger partial charge in [-0.2, -0.15) is 0 Å². The lowest BCUT2D eigenvalue weighted by Crippen LogP contribution is -2.50. The van der Waals surface area contributed by atoms with E-state index < -0.39 is 0 Å². The third kappa shape index (κ3) is 4.15. The molecule has 0 bridgehead atoms. The summed E-state index contributed by atoms with van der Waals surface area (Å²) in [7, 11) is 0. The van der Waals surface area contributed by atoms with Gasteiger partial charge in [0, 0.05) is 18.1 Å². The summed E-state index contributed by atoms with van der Waals surface area (Å²) in [6, 6.07) is 9.47. The molecule has 26 heavy (non-hydrogen) atoms. The Bertz CT molecular complexity index is 819. The molecule has 0 aliphatic carbocycles. The Morgan fingerprint density at radius 3 is 2.65 bits per heavy atom. The predicted molar refractivity (Wildman–Crippen MR) is 105 cm³/mol. The van der Waals surface area contributed by atoms with Gasteiger partial charge >= 0.3 is 0 Å². The zero-order valence-corrected chi connectivity index (χ0v) is 15.9. The minimum Gasteiger partial charge on any atom is -0.350 e. The second kappa shape index (κ2) is 8.04. The van der Waals surface area contributed by atoms with Crippen LogP contribution in [0.5, 0.6) is 0 Å². The molecule has 1 amide bonds. The standard InChI is InChI=1S/C21H29N3O2/c1-14(2)19(24-10-8-15(3)9-11-24)13-22-20(25)17-12-16-6-4-5-7-18(16)23-21(17)26/h4-7,12,14-15,19H,8-11,13H2,1-3H3,(H,22,25)(H,23,26). The minimum absolute atomic E-state index is 0.179. The van der Waals surface area contributed by atoms with Crippen LogP contribution in [0.2, 0.25) is 0 Å². The number of likely N-dealkylation sites (tertiary alicyclic amines) is 1. The number of nitrogens with zero attached hydrogens (tertiary/aromatic N) is 1. The van der Waals surface area contributed by atoms with Gasteiger partial charge in [-0.05, 0) is 55.3 Å². The molecular weight excluding hydrogens is 326 g/mol. The Morgan fingerprint density at radius 2 is 1.96 bits per heavy atom. The number of nitrogens with one attached hydrogen (secondary N) is 2. The molecule has 0 radical (unpaired) electrons. The van der Waals surface area contributed by atoms with Gasteiger partial charge in [0.1, 0.15) is 5.56 Å². The maximum Gasteiger partial charge on any atom is 0.261 e. The fraction of sp³-hybridized carbons (Fsp3) is 0.524. The molecule has 1 atom stereocenters. The molecule has 1 aromatic heterocycles. The Balaban J connectivity index is 1.70. The van der Waals surface area contributed by atoms with Crippen LogP contribution in [0.4, 0.5) is 0 Å². The van der Waals surface area contributed by atoms with Crippen molar-refractivity contribution >= 4 is 16.8 Å². The van der Waals surface area contributed by atoms with Gasteiger partial charge in [0.05, 0.1) is 0 Å². The van der Waals surface area contributed by atoms with Crippen LogP contribution in [0.1, 0.15) is 44.0 Å². The zero-order valence-electron chi connectivity index (χ0n) is 15.9. The molecule has 1 aliphatic heterocycles. The third-order valence-electron chi connectivity index (χ3n) is 5.53. The van der Waals surface area contributed by atoms with Gasteiger partial charge in [-0.1, -0.05) is 39.0 Å². The number of hydrogen-bond acceptors (Lipinski definition) is 3. The van der Waals surface area contributed by atoms with Crippen molar-refractivity contribution in [1.82, 2.24) is 15.2 Å². The van der Waals surface area contributed by atoms with Crippen molar-refractivity contribution in [3.63, 3.8) is 0 Å². The smallest absolute Gasteiger partial charge is 0.261 e. The summed E-state index contributed by atoms with van der Waals surface area (Å²) >= 11 is 0. The van der Waals surface area contributed by atoms with E-state index in [2.05, 4.69) is 36.0 Å². The molecule has 2 aromatic rings. The second-order valence-corrected chi connectivity index (χ2v) is 7.84. The molecular formula is C21H29N3O2. The lowest BCUT2D eigenvalue weighted by molar-refractivity contribution is 0.0862. The van der Waals surface area contributed by atoms with Gasteiger partial charge in [0.15, 0.2) is 0 Å². The Labute approximate surface area is 154 Å². The number of pyridine rings is 1. The van der Waals surface area contributed by atoms with Crippen LogP contribution < -0.4 is 10.9 Å². The van der Waals surface area contributed by atoms with Crippen molar-refractivity contribution in [3.05, 3.63) is 46.2 Å². The predicted octanol–water partition coefficient (Wildman–Crippen LogP) is 3.01. The summed E-state index contributed by atoms with van der Waals surface area (Å²) in [5.41, 5.74) is 0.587. The highest BCUT2D eigenvalue weighted by atomic mass is 16.2. The highest BCUT2D eigenvalue weighted by Gasteiger charge is 2.26. The first-order valence-electron chi connectivity index (χ1n) is 9.60. The van der Waals surface area contributed by atoms with Crippen molar-refractivity contribution in [1.29, 1.82) is 0 Å². The Hall–Kier alpha value is -2.14. The van der Waals surface area contributed by atoms with Gasteiger partial charge < -0.3 is 10.3 Å². The molecule has 0 saturated carbocycles. The number of rotatable bonds is 5. The second-order valence-electron chi connectivity index (χ2n) is 7.84. The van der Waals surface area contributed by atoms with E-state index in [1.54, 1.807) is 6.07 Å². The molecule has 2 heterocycles. The van der Waals surface area contributed by atoms with E-state index in [0.717, 1.165) is 29.9 Å². The number of amides is 1. The van der Waals surface area contributed by atoms with Gasteiger partial charge in [-0.3, -0.25) is 14.5 Å². The number of H-pyrrole nitrogens is 1. The first-order valence-corrected chi connectivity index (χ1v) is 9.60. The topological polar surface area (TPSA) is 65.2 Å². The van der Waals surface area contributed by atoms with Crippen molar-refractivity contribution in [2.75, 3.05) is 19.6 Å². The van der Waals surface area contributed by atoms with E-state index >= 15 is 0 Å². The SMILES string of the molecule is CC1CCN(C(CNC(=O)c2cc3ccccc3[nH]c2=O)C(C)C)CC1. The number of para-hydroxylation sites is 1. The summed E-state index contributed by atoms with van der Waals surface area (Å²) < 4.78 is 0. The lowest BCUT2D eigenvalue weighted by Gasteiger charge is -2.38. The van der Waals surface area contributed by atoms with Crippen molar-refractivity contribution in [2.24, 2.45) is 11.8 Å². The van der Waals surface area contributed by atoms with Gasteiger partial charge in [0.2, 0.25) is 0 Å². The van der Waals surface area contributed by atoms with Crippen LogP contribution in [-0.2, 0) is 0 Å². The number of hydrogen-bond donors (Lipinski definition) is 2. The van der Waals surface area contributed by atoms with Crippen LogP contribution in [-0.4, -0.2) is 41.5 Å². The Morgan fingerprint density at radius 1 is 1.27 bits per heavy atom. The first kappa shape index (κ1) is 18.6. The number of carbonyl (C=O) groups excluding carboxylic acids is 1. The van der Waals surface area contributed by atoms with Gasteiger partial charge in [-0.15, -0.1) is 0 Å². The molecule has 1 unspecified atom stereocenters. The average Bonchev–Trinajstić information content (AvgIpc) is 2.62. The lowest BCUT2D eigenvalue weighted by atomic mass is 9.94. The molecule has 1 fully saturated rings. The van der Waals surface area contributed by atoms with E-state index in [1.165, 1.54) is 12.8 Å². The highest BCUT2D eigenvalue weighted by Crippen LogP contribution is 2.21. The average molecular weight is 355 g/mol. The summed E-state index contributed by atoms with van der Waals surface area (Å²) in [6.07, 6.45) is 2.42. The van der Waals surface area contributed by atoms with Crippen LogP contribution in [0, 0.1) is 11.8 Å². The third-order valence-corrected chi connectivity index (χ3v) is 5.53. The molecule has 2 N–H and O–H groups in total. The summed E-state index contributed by atoms with van der Waals surface area (Å²) in [5.74, 6) is 0.927. The maximum atomic E-state index is 12.6. The normalized spacial score (nSPS) is 17.5. The molecule has 1 aromatic carbocycles. The minimum atomic E-state index is -0.339. The maximum absolute atomic E-state index is 12.6. The fourth-order valence-electron chi connectivity index (χ4n) is 3.76. The summed E-state index contributed by atoms with van der Waals surface area (Å²) in [4.78, 5) is 30.2. The number of carbonyl (C=O) groups is 1. The number of aromatic nitrogens is 1. The first-order chi connectivity index (χ1) is 12.5. The monoisotopic (exact) mass is 355 g/mol. The molecule has 3 rings (SSSR count). The van der Waals surface area contributed by atoms with Crippen LogP contribution >= 0.6 is 0 Å². The number of aromatic amines is 1. The number of piperidine rings is 1. The number of benzene rings is 1. The molecule has 5 nitrogen and oxygen atoms in total. The molecule has 0 spiro atoms. The fourth-order valence-corrected chi connectivity index (χ4v) is 3.76. The van der Waals surface area contributed by atoms with E-state index in [1.807, 2.05) is 24.3 Å². The Kier molecular flexibility index (Phi) is 5.77. The van der Waals surface area contributed by atoms with Crippen LogP contribution in [0.15, 0.2) is 35.1 Å².